The van der Waals surface area contributed by atoms with Crippen LogP contribution in [0.5, 0.6) is 5.75 Å². The molecule has 2 N–H and O–H groups in total. The smallest absolute Gasteiger partial charge is 0.335 e. The van der Waals surface area contributed by atoms with Crippen molar-refractivity contribution < 1.29 is 19.4 Å². The van der Waals surface area contributed by atoms with Gasteiger partial charge in [0.15, 0.2) is 0 Å². The first kappa shape index (κ1) is 14.5. The van der Waals surface area contributed by atoms with Crippen molar-refractivity contribution in [3.63, 3.8) is 0 Å². The van der Waals surface area contributed by atoms with Gasteiger partial charge in [0.05, 0.1) is 5.56 Å². The molecule has 0 fully saturated rings. The van der Waals surface area contributed by atoms with Gasteiger partial charge in [-0.15, -0.1) is 0 Å². The van der Waals surface area contributed by atoms with E-state index in [2.05, 4.69) is 5.32 Å². The third kappa shape index (κ3) is 5.65. The summed E-state index contributed by atoms with van der Waals surface area (Å²) in [5.74, 6) is -0.369. The van der Waals surface area contributed by atoms with Gasteiger partial charge in [-0.1, -0.05) is 6.07 Å². The Labute approximate surface area is 107 Å². The number of carbonyl (C=O) groups is 1. The second kappa shape index (κ2) is 8.49. The molecule has 0 aliphatic heterocycles. The highest BCUT2D eigenvalue weighted by Gasteiger charge is 2.03. The van der Waals surface area contributed by atoms with Crippen LogP contribution in [0.1, 0.15) is 16.8 Å². The number of rotatable bonds is 9. The Morgan fingerprint density at radius 3 is 2.89 bits per heavy atom. The number of nitrogens with one attached hydrogen (secondary N) is 1. The highest BCUT2D eigenvalue weighted by molar-refractivity contribution is 5.87. The van der Waals surface area contributed by atoms with Crippen molar-refractivity contribution in [3.05, 3.63) is 29.8 Å². The van der Waals surface area contributed by atoms with Gasteiger partial charge >= 0.3 is 5.97 Å². The van der Waals surface area contributed by atoms with E-state index in [0.29, 0.717) is 12.4 Å². The highest BCUT2D eigenvalue weighted by Crippen LogP contribution is 2.12. The summed E-state index contributed by atoms with van der Waals surface area (Å²) >= 11 is 0. The molecule has 0 aliphatic rings. The van der Waals surface area contributed by atoms with Crippen LogP contribution in [0.15, 0.2) is 24.3 Å². The molecular weight excluding hydrogens is 234 g/mol. The number of aromatic carboxylic acids is 1. The molecule has 0 amide bonds. The molecule has 1 rings (SSSR count). The van der Waals surface area contributed by atoms with Gasteiger partial charge in [-0.05, 0) is 31.2 Å². The lowest BCUT2D eigenvalue weighted by Gasteiger charge is -2.08. The average Bonchev–Trinajstić information content (AvgIpc) is 2.38. The number of benzene rings is 1. The van der Waals surface area contributed by atoms with Gasteiger partial charge in [0.1, 0.15) is 12.4 Å². The Morgan fingerprint density at radius 1 is 1.33 bits per heavy atom. The van der Waals surface area contributed by atoms with Crippen molar-refractivity contribution in [2.75, 3.05) is 33.4 Å². The van der Waals surface area contributed by atoms with Crippen molar-refractivity contribution in [3.8, 4) is 5.75 Å². The molecule has 0 heterocycles. The maximum absolute atomic E-state index is 10.8. The Morgan fingerprint density at radius 2 is 2.17 bits per heavy atom. The first-order chi connectivity index (χ1) is 8.74. The largest absolute Gasteiger partial charge is 0.492 e. The molecule has 0 saturated carbocycles. The van der Waals surface area contributed by atoms with E-state index < -0.39 is 5.97 Å². The molecular formula is C13H19NO4. The fourth-order valence-electron chi connectivity index (χ4n) is 1.43. The summed E-state index contributed by atoms with van der Waals surface area (Å²) in [6, 6.07) is 6.48. The minimum Gasteiger partial charge on any atom is -0.492 e. The lowest BCUT2D eigenvalue weighted by Crippen LogP contribution is -2.22. The van der Waals surface area contributed by atoms with Crippen molar-refractivity contribution in [2.24, 2.45) is 0 Å². The van der Waals surface area contributed by atoms with Crippen LogP contribution in [0, 0.1) is 0 Å². The predicted molar refractivity (Wildman–Crippen MR) is 68.3 cm³/mol. The van der Waals surface area contributed by atoms with Crippen molar-refractivity contribution >= 4 is 5.97 Å². The molecule has 18 heavy (non-hydrogen) atoms. The standard InChI is InChI=1S/C13H19NO4/c1-17-8-3-6-14-7-9-18-12-5-2-4-11(10-12)13(15)16/h2,4-5,10,14H,3,6-9H2,1H3,(H,15,16). The molecule has 0 unspecified atom stereocenters. The minimum absolute atomic E-state index is 0.237. The summed E-state index contributed by atoms with van der Waals surface area (Å²) in [7, 11) is 1.68. The SMILES string of the molecule is COCCCNCCOc1cccc(C(=O)O)c1. The van der Waals surface area contributed by atoms with Crippen LogP contribution in [0.4, 0.5) is 0 Å². The maximum atomic E-state index is 10.8. The summed E-state index contributed by atoms with van der Waals surface area (Å²) in [6.07, 6.45) is 0.963. The Hall–Kier alpha value is -1.59. The van der Waals surface area contributed by atoms with Crippen LogP contribution in [-0.2, 0) is 4.74 Å². The predicted octanol–water partition coefficient (Wildman–Crippen LogP) is 1.39. The summed E-state index contributed by atoms with van der Waals surface area (Å²) in [5.41, 5.74) is 0.237. The molecule has 0 spiro atoms. The van der Waals surface area contributed by atoms with Gasteiger partial charge < -0.3 is 19.9 Å². The number of carboxylic acids is 1. The monoisotopic (exact) mass is 253 g/mol. The van der Waals surface area contributed by atoms with E-state index in [-0.39, 0.29) is 5.56 Å². The third-order valence-electron chi connectivity index (χ3n) is 2.33. The molecule has 0 saturated heterocycles. The van der Waals surface area contributed by atoms with Crippen LogP contribution in [0.25, 0.3) is 0 Å². The van der Waals surface area contributed by atoms with E-state index in [1.807, 2.05) is 0 Å². The molecule has 0 bridgehead atoms. The zero-order chi connectivity index (χ0) is 13.2. The van der Waals surface area contributed by atoms with E-state index in [1.165, 1.54) is 12.1 Å². The molecule has 0 aliphatic carbocycles. The first-order valence-corrected chi connectivity index (χ1v) is 5.90. The molecule has 0 radical (unpaired) electrons. The van der Waals surface area contributed by atoms with Crippen molar-refractivity contribution in [2.45, 2.75) is 6.42 Å². The first-order valence-electron chi connectivity index (χ1n) is 5.90. The van der Waals surface area contributed by atoms with Crippen LogP contribution >= 0.6 is 0 Å². The maximum Gasteiger partial charge on any atom is 0.335 e. The Bertz CT molecular complexity index is 368. The van der Waals surface area contributed by atoms with E-state index >= 15 is 0 Å². The number of carboxylic acid groups (broad SMARTS) is 1. The fraction of sp³-hybridized carbons (Fsp3) is 0.462. The third-order valence-corrected chi connectivity index (χ3v) is 2.33. The Kier molecular flexibility index (Phi) is 6.83. The normalized spacial score (nSPS) is 10.3. The van der Waals surface area contributed by atoms with Gasteiger partial charge in [-0.2, -0.15) is 0 Å². The van der Waals surface area contributed by atoms with E-state index in [1.54, 1.807) is 19.2 Å². The Balaban J connectivity index is 2.19. The lowest BCUT2D eigenvalue weighted by molar-refractivity contribution is 0.0696. The van der Waals surface area contributed by atoms with Crippen molar-refractivity contribution in [1.29, 1.82) is 0 Å². The number of methoxy groups -OCH3 is 1. The summed E-state index contributed by atoms with van der Waals surface area (Å²) in [6.45, 7) is 2.86. The topological polar surface area (TPSA) is 67.8 Å². The van der Waals surface area contributed by atoms with Crippen LogP contribution in [0.3, 0.4) is 0 Å². The molecule has 0 atom stereocenters. The van der Waals surface area contributed by atoms with Crippen LogP contribution in [0.2, 0.25) is 0 Å². The van der Waals surface area contributed by atoms with Gasteiger partial charge in [-0.25, -0.2) is 4.79 Å². The minimum atomic E-state index is -0.946. The quantitative estimate of drug-likeness (QED) is 0.651. The van der Waals surface area contributed by atoms with E-state index in [0.717, 1.165) is 26.1 Å². The zero-order valence-corrected chi connectivity index (χ0v) is 10.5. The molecule has 1 aromatic rings. The van der Waals surface area contributed by atoms with Gasteiger partial charge in [0.2, 0.25) is 0 Å². The zero-order valence-electron chi connectivity index (χ0n) is 10.5. The molecule has 5 heteroatoms. The second-order valence-electron chi connectivity index (χ2n) is 3.78. The molecule has 5 nitrogen and oxygen atoms in total. The van der Waals surface area contributed by atoms with Gasteiger partial charge in [0.25, 0.3) is 0 Å². The summed E-state index contributed by atoms with van der Waals surface area (Å²) < 4.78 is 10.4. The van der Waals surface area contributed by atoms with Gasteiger partial charge in [-0.3, -0.25) is 0 Å². The van der Waals surface area contributed by atoms with Crippen LogP contribution < -0.4 is 10.1 Å². The van der Waals surface area contributed by atoms with E-state index in [4.69, 9.17) is 14.6 Å². The highest BCUT2D eigenvalue weighted by atomic mass is 16.5. The second-order valence-corrected chi connectivity index (χ2v) is 3.78. The van der Waals surface area contributed by atoms with E-state index in [9.17, 15) is 4.79 Å². The number of hydrogen-bond acceptors (Lipinski definition) is 4. The fourth-order valence-corrected chi connectivity index (χ4v) is 1.43. The molecule has 0 aromatic heterocycles. The number of ether oxygens (including phenoxy) is 2. The lowest BCUT2D eigenvalue weighted by atomic mass is 10.2. The van der Waals surface area contributed by atoms with Crippen LogP contribution in [-0.4, -0.2) is 44.5 Å². The van der Waals surface area contributed by atoms with Crippen molar-refractivity contribution in [1.82, 2.24) is 5.32 Å². The summed E-state index contributed by atoms with van der Waals surface area (Å²) in [4.78, 5) is 10.8. The summed E-state index contributed by atoms with van der Waals surface area (Å²) in [5, 5.41) is 12.0. The average molecular weight is 253 g/mol. The molecule has 100 valence electrons. The molecule has 1 aromatic carbocycles. The number of hydrogen-bond donors (Lipinski definition) is 2. The van der Waals surface area contributed by atoms with Gasteiger partial charge in [0, 0.05) is 20.3 Å².